The predicted octanol–water partition coefficient (Wildman–Crippen LogP) is 3.92. The molecule has 1 heteroatoms. The van der Waals surface area contributed by atoms with Gasteiger partial charge < -0.3 is 5.11 Å². The van der Waals surface area contributed by atoms with E-state index in [0.29, 0.717) is 5.75 Å². The Bertz CT molecular complexity index is 366. The third kappa shape index (κ3) is 1.88. The summed E-state index contributed by atoms with van der Waals surface area (Å²) in [6.07, 6.45) is 0. The van der Waals surface area contributed by atoms with Crippen LogP contribution in [0.5, 0.6) is 5.75 Å². The molecule has 1 nitrogen and oxygen atoms in total. The first-order chi connectivity index (χ1) is 6.68. The number of hydrogen-bond donors (Lipinski definition) is 1. The number of aromatic hydroxyl groups is 1. The van der Waals surface area contributed by atoms with E-state index in [9.17, 15) is 5.11 Å². The molecule has 0 aliphatic carbocycles. The van der Waals surface area contributed by atoms with Crippen molar-refractivity contribution in [3.05, 3.63) is 27.8 Å². The molecule has 0 aliphatic rings. The summed E-state index contributed by atoms with van der Waals surface area (Å²) in [6, 6.07) is 0. The first-order valence-electron chi connectivity index (χ1n) is 5.47. The minimum Gasteiger partial charge on any atom is -0.507 e. The molecule has 1 N–H and O–H groups in total. The van der Waals surface area contributed by atoms with Crippen molar-refractivity contribution >= 4 is 0 Å². The molecule has 0 heterocycles. The van der Waals surface area contributed by atoms with Gasteiger partial charge in [0.05, 0.1) is 0 Å². The zero-order valence-electron chi connectivity index (χ0n) is 10.9. The summed E-state index contributed by atoms with van der Waals surface area (Å²) in [4.78, 5) is 0. The predicted molar refractivity (Wildman–Crippen MR) is 65.8 cm³/mol. The minimum absolute atomic E-state index is 0.00259. The summed E-state index contributed by atoms with van der Waals surface area (Å²) in [6.45, 7) is 14.7. The van der Waals surface area contributed by atoms with Crippen molar-refractivity contribution in [2.75, 3.05) is 0 Å². The molecule has 1 aromatic rings. The Morgan fingerprint density at radius 1 is 0.733 bits per heavy atom. The Balaban J connectivity index is 3.68. The van der Waals surface area contributed by atoms with Gasteiger partial charge in [-0.25, -0.2) is 0 Å². The molecule has 84 valence electrons. The van der Waals surface area contributed by atoms with E-state index in [1.54, 1.807) is 0 Å². The van der Waals surface area contributed by atoms with E-state index in [1.165, 1.54) is 16.7 Å². The number of hydrogen-bond acceptors (Lipinski definition) is 1. The van der Waals surface area contributed by atoms with Crippen molar-refractivity contribution in [1.29, 1.82) is 0 Å². The lowest BCUT2D eigenvalue weighted by Crippen LogP contribution is -2.15. The zero-order valence-corrected chi connectivity index (χ0v) is 10.9. The van der Waals surface area contributed by atoms with Crippen LogP contribution in [0.4, 0.5) is 0 Å². The fourth-order valence-electron chi connectivity index (χ4n) is 2.21. The van der Waals surface area contributed by atoms with Crippen molar-refractivity contribution < 1.29 is 5.11 Å². The smallest absolute Gasteiger partial charge is 0.122 e. The van der Waals surface area contributed by atoms with Crippen LogP contribution < -0.4 is 0 Å². The van der Waals surface area contributed by atoms with Crippen LogP contribution in [0.1, 0.15) is 48.6 Å². The number of benzene rings is 1. The van der Waals surface area contributed by atoms with E-state index in [1.807, 2.05) is 6.92 Å². The van der Waals surface area contributed by atoms with E-state index < -0.39 is 0 Å². The van der Waals surface area contributed by atoms with Crippen molar-refractivity contribution in [3.8, 4) is 5.75 Å². The first kappa shape index (κ1) is 12.1. The van der Waals surface area contributed by atoms with E-state index in [-0.39, 0.29) is 5.41 Å². The Labute approximate surface area is 93.1 Å². The van der Waals surface area contributed by atoms with Gasteiger partial charge in [-0.05, 0) is 55.4 Å². The average Bonchev–Trinajstić information content (AvgIpc) is 2.09. The second-order valence-corrected chi connectivity index (χ2v) is 5.47. The fourth-order valence-corrected chi connectivity index (χ4v) is 2.21. The van der Waals surface area contributed by atoms with E-state index >= 15 is 0 Å². The number of rotatable bonds is 0. The molecular weight excluding hydrogens is 184 g/mol. The van der Waals surface area contributed by atoms with Crippen LogP contribution in [-0.4, -0.2) is 5.11 Å². The molecule has 0 radical (unpaired) electrons. The van der Waals surface area contributed by atoms with Gasteiger partial charge >= 0.3 is 0 Å². The van der Waals surface area contributed by atoms with Gasteiger partial charge in [0.1, 0.15) is 5.75 Å². The quantitative estimate of drug-likeness (QED) is 0.682. The molecule has 15 heavy (non-hydrogen) atoms. The van der Waals surface area contributed by atoms with Crippen LogP contribution in [0.3, 0.4) is 0 Å². The molecule has 0 spiro atoms. The molecule has 0 unspecified atom stereocenters. The highest BCUT2D eigenvalue weighted by atomic mass is 16.3. The first-order valence-corrected chi connectivity index (χ1v) is 5.47. The molecular formula is C14H22O. The second kappa shape index (κ2) is 3.55. The third-order valence-corrected chi connectivity index (χ3v) is 3.40. The van der Waals surface area contributed by atoms with Crippen LogP contribution in [0.15, 0.2) is 0 Å². The van der Waals surface area contributed by atoms with E-state index in [4.69, 9.17) is 0 Å². The SMILES string of the molecule is Cc1c(C)c(C)c(C(C)(C)C)c(O)c1C. The van der Waals surface area contributed by atoms with E-state index in [0.717, 1.165) is 11.1 Å². The fraction of sp³-hybridized carbons (Fsp3) is 0.571. The monoisotopic (exact) mass is 206 g/mol. The molecule has 0 amide bonds. The maximum Gasteiger partial charge on any atom is 0.122 e. The van der Waals surface area contributed by atoms with Gasteiger partial charge in [-0.2, -0.15) is 0 Å². The molecule has 1 rings (SSSR count). The van der Waals surface area contributed by atoms with Crippen molar-refractivity contribution in [2.45, 2.75) is 53.9 Å². The summed E-state index contributed by atoms with van der Waals surface area (Å²) in [5.41, 5.74) is 5.83. The van der Waals surface area contributed by atoms with Gasteiger partial charge in [-0.3, -0.25) is 0 Å². The Morgan fingerprint density at radius 3 is 1.53 bits per heavy atom. The third-order valence-electron chi connectivity index (χ3n) is 3.40. The van der Waals surface area contributed by atoms with Crippen molar-refractivity contribution in [1.82, 2.24) is 0 Å². The summed E-state index contributed by atoms with van der Waals surface area (Å²) in [5.74, 6) is 0.475. The summed E-state index contributed by atoms with van der Waals surface area (Å²) in [5, 5.41) is 10.2. The maximum atomic E-state index is 10.2. The molecule has 0 saturated carbocycles. The van der Waals surface area contributed by atoms with Gasteiger partial charge in [0.25, 0.3) is 0 Å². The summed E-state index contributed by atoms with van der Waals surface area (Å²) < 4.78 is 0. The Morgan fingerprint density at radius 2 is 1.13 bits per heavy atom. The highest BCUT2D eigenvalue weighted by Gasteiger charge is 2.24. The Hall–Kier alpha value is -0.980. The van der Waals surface area contributed by atoms with Gasteiger partial charge in [0.2, 0.25) is 0 Å². The van der Waals surface area contributed by atoms with Gasteiger partial charge in [0.15, 0.2) is 0 Å². The average molecular weight is 206 g/mol. The van der Waals surface area contributed by atoms with Crippen LogP contribution >= 0.6 is 0 Å². The van der Waals surface area contributed by atoms with Crippen LogP contribution in [0.25, 0.3) is 0 Å². The van der Waals surface area contributed by atoms with Gasteiger partial charge in [-0.15, -0.1) is 0 Å². The number of phenolic OH excluding ortho intramolecular Hbond substituents is 1. The molecule has 1 aromatic carbocycles. The zero-order chi connectivity index (χ0) is 12.0. The van der Waals surface area contributed by atoms with Gasteiger partial charge in [0, 0.05) is 5.56 Å². The molecule has 0 saturated heterocycles. The lowest BCUT2D eigenvalue weighted by molar-refractivity contribution is 0.440. The minimum atomic E-state index is -0.00259. The number of phenols is 1. The summed E-state index contributed by atoms with van der Waals surface area (Å²) >= 11 is 0. The van der Waals surface area contributed by atoms with Crippen LogP contribution in [0, 0.1) is 27.7 Å². The topological polar surface area (TPSA) is 20.2 Å². The second-order valence-electron chi connectivity index (χ2n) is 5.47. The standard InChI is InChI=1S/C14H22O/c1-8-9(2)11(4)13(15)12(10(8)3)14(5,6)7/h15H,1-7H3. The molecule has 0 atom stereocenters. The normalized spacial score (nSPS) is 11.9. The van der Waals surface area contributed by atoms with Crippen molar-refractivity contribution in [3.63, 3.8) is 0 Å². The van der Waals surface area contributed by atoms with Gasteiger partial charge in [-0.1, -0.05) is 20.8 Å². The van der Waals surface area contributed by atoms with Crippen LogP contribution in [0.2, 0.25) is 0 Å². The van der Waals surface area contributed by atoms with Crippen molar-refractivity contribution in [2.24, 2.45) is 0 Å². The summed E-state index contributed by atoms with van der Waals surface area (Å²) in [7, 11) is 0. The lowest BCUT2D eigenvalue weighted by Gasteiger charge is -2.26. The molecule has 0 aromatic heterocycles. The molecule has 0 aliphatic heterocycles. The Kier molecular flexibility index (Phi) is 2.86. The highest BCUT2D eigenvalue weighted by molar-refractivity contribution is 5.55. The highest BCUT2D eigenvalue weighted by Crippen LogP contribution is 2.39. The van der Waals surface area contributed by atoms with Crippen LogP contribution in [-0.2, 0) is 5.41 Å². The lowest BCUT2D eigenvalue weighted by atomic mass is 9.79. The molecule has 0 fully saturated rings. The van der Waals surface area contributed by atoms with E-state index in [2.05, 4.69) is 41.5 Å². The molecule has 0 bridgehead atoms. The maximum absolute atomic E-state index is 10.2. The largest absolute Gasteiger partial charge is 0.507 e.